The number of anilines is 2. The van der Waals surface area contributed by atoms with Crippen molar-refractivity contribution in [2.24, 2.45) is 0 Å². The Bertz CT molecular complexity index is 1390. The van der Waals surface area contributed by atoms with Gasteiger partial charge in [0, 0.05) is 16.9 Å². The molecule has 0 saturated heterocycles. The number of aromatic amines is 1. The van der Waals surface area contributed by atoms with Crippen LogP contribution in [0.1, 0.15) is 10.5 Å². The molecule has 8 nitrogen and oxygen atoms in total. The van der Waals surface area contributed by atoms with Gasteiger partial charge in [-0.05, 0) is 42.5 Å². The minimum Gasteiger partial charge on any atom is -0.495 e. The highest BCUT2D eigenvalue weighted by atomic mass is 32.2. The van der Waals surface area contributed by atoms with Crippen molar-refractivity contribution in [1.29, 1.82) is 0 Å². The van der Waals surface area contributed by atoms with Gasteiger partial charge in [-0.25, -0.2) is 17.8 Å². The topological polar surface area (TPSA) is 113 Å². The zero-order chi connectivity index (χ0) is 23.4. The van der Waals surface area contributed by atoms with Gasteiger partial charge in [-0.3, -0.25) is 9.52 Å². The molecule has 1 aromatic heterocycles. The van der Waals surface area contributed by atoms with E-state index in [0.717, 1.165) is 17.7 Å². The van der Waals surface area contributed by atoms with E-state index in [2.05, 4.69) is 20.0 Å². The highest BCUT2D eigenvalue weighted by Gasteiger charge is 2.21. The third-order valence-corrected chi connectivity index (χ3v) is 6.08. The quantitative estimate of drug-likeness (QED) is 0.376. The number of imidazole rings is 1. The summed E-state index contributed by atoms with van der Waals surface area (Å²) in [7, 11) is -2.76. The van der Waals surface area contributed by atoms with Crippen molar-refractivity contribution >= 4 is 27.3 Å². The number of methoxy groups -OCH3 is 1. The van der Waals surface area contributed by atoms with Crippen molar-refractivity contribution < 1.29 is 22.3 Å². The lowest BCUT2D eigenvalue weighted by molar-refractivity contribution is 0.102. The third kappa shape index (κ3) is 5.01. The number of aromatic nitrogens is 2. The molecule has 0 aliphatic rings. The summed E-state index contributed by atoms with van der Waals surface area (Å²) >= 11 is 0. The van der Waals surface area contributed by atoms with E-state index in [-0.39, 0.29) is 27.7 Å². The van der Waals surface area contributed by atoms with Gasteiger partial charge < -0.3 is 15.0 Å². The van der Waals surface area contributed by atoms with Crippen LogP contribution in [0.15, 0.2) is 83.9 Å². The Morgan fingerprint density at radius 1 is 1.00 bits per heavy atom. The molecule has 0 aliphatic carbocycles. The molecule has 0 saturated carbocycles. The molecule has 0 unspecified atom stereocenters. The average Bonchev–Trinajstić information content (AvgIpc) is 3.32. The Hall–Kier alpha value is -4.18. The molecular formula is C23H19FN4O4S. The summed E-state index contributed by atoms with van der Waals surface area (Å²) in [6.07, 6.45) is 1.40. The molecule has 4 aromatic rings. The molecule has 0 bridgehead atoms. The maximum absolute atomic E-state index is 13.1. The molecule has 3 aromatic carbocycles. The second kappa shape index (κ2) is 9.13. The normalized spacial score (nSPS) is 11.1. The number of benzene rings is 3. The number of ether oxygens (including phenoxy) is 1. The van der Waals surface area contributed by atoms with Crippen molar-refractivity contribution in [2.45, 2.75) is 4.90 Å². The van der Waals surface area contributed by atoms with Gasteiger partial charge in [0.25, 0.3) is 15.9 Å². The van der Waals surface area contributed by atoms with Gasteiger partial charge in [0.05, 0.1) is 13.3 Å². The number of rotatable bonds is 7. The molecule has 10 heteroatoms. The first-order chi connectivity index (χ1) is 15.9. The predicted octanol–water partition coefficient (Wildman–Crippen LogP) is 4.28. The van der Waals surface area contributed by atoms with Gasteiger partial charge in [0.2, 0.25) is 0 Å². The van der Waals surface area contributed by atoms with E-state index in [9.17, 15) is 17.6 Å². The van der Waals surface area contributed by atoms with Crippen LogP contribution in [0.5, 0.6) is 5.75 Å². The maximum atomic E-state index is 13.1. The van der Waals surface area contributed by atoms with Crippen molar-refractivity contribution in [2.75, 3.05) is 17.1 Å². The van der Waals surface area contributed by atoms with Crippen LogP contribution in [0.25, 0.3) is 11.4 Å². The number of nitrogens with one attached hydrogen (secondary N) is 3. The van der Waals surface area contributed by atoms with Crippen molar-refractivity contribution in [3.05, 3.63) is 90.5 Å². The number of halogens is 1. The second-order valence-corrected chi connectivity index (χ2v) is 8.59. The Morgan fingerprint density at radius 2 is 1.70 bits per heavy atom. The van der Waals surface area contributed by atoms with Gasteiger partial charge in [0.1, 0.15) is 28.0 Å². The number of carbonyl (C=O) groups excluding carboxylic acids is 1. The lowest BCUT2D eigenvalue weighted by Crippen LogP contribution is -2.16. The van der Waals surface area contributed by atoms with E-state index in [0.29, 0.717) is 5.82 Å². The van der Waals surface area contributed by atoms with Crippen molar-refractivity contribution in [3.8, 4) is 17.1 Å². The molecule has 1 amide bonds. The fourth-order valence-corrected chi connectivity index (χ4v) is 4.32. The van der Waals surface area contributed by atoms with E-state index < -0.39 is 21.7 Å². The minimum atomic E-state index is -4.09. The van der Waals surface area contributed by atoms with Crippen LogP contribution in [0, 0.1) is 5.82 Å². The second-order valence-electron chi connectivity index (χ2n) is 6.94. The van der Waals surface area contributed by atoms with Crippen molar-refractivity contribution in [3.63, 3.8) is 0 Å². The summed E-state index contributed by atoms with van der Waals surface area (Å²) in [5.41, 5.74) is 1.44. The van der Waals surface area contributed by atoms with Gasteiger partial charge in [-0.15, -0.1) is 0 Å². The van der Waals surface area contributed by atoms with E-state index in [1.165, 1.54) is 43.6 Å². The summed E-state index contributed by atoms with van der Waals surface area (Å²) in [5.74, 6) is -0.378. The molecule has 0 atom stereocenters. The standard InChI is InChI=1S/C23H19FN4O4S/c1-32-20-12-11-18(13-21(20)33(30,31)28-17-9-7-16(24)8-10-17)26-23(29)19-14-25-22(27-19)15-5-3-2-4-6-15/h2-14,28H,1H3,(H,25,27)(H,26,29). The number of hydrogen-bond acceptors (Lipinski definition) is 5. The van der Waals surface area contributed by atoms with Crippen LogP contribution in [0.4, 0.5) is 15.8 Å². The fraction of sp³-hybridized carbons (Fsp3) is 0.0435. The molecular weight excluding hydrogens is 447 g/mol. The molecule has 0 aliphatic heterocycles. The number of sulfonamides is 1. The molecule has 0 fully saturated rings. The van der Waals surface area contributed by atoms with E-state index in [1.807, 2.05) is 30.3 Å². The Morgan fingerprint density at radius 3 is 2.39 bits per heavy atom. The van der Waals surface area contributed by atoms with Crippen LogP contribution in [-0.4, -0.2) is 31.4 Å². The SMILES string of the molecule is COc1ccc(NC(=O)c2cnc(-c3ccccc3)[nH]2)cc1S(=O)(=O)Nc1ccc(F)cc1. The summed E-state index contributed by atoms with van der Waals surface area (Å²) in [6, 6.07) is 18.4. The van der Waals surface area contributed by atoms with E-state index in [1.54, 1.807) is 0 Å². The molecule has 1 heterocycles. The first kappa shape index (κ1) is 22.0. The lowest BCUT2D eigenvalue weighted by Gasteiger charge is -2.13. The smallest absolute Gasteiger partial charge is 0.273 e. The van der Waals surface area contributed by atoms with Gasteiger partial charge >= 0.3 is 0 Å². The van der Waals surface area contributed by atoms with Crippen LogP contribution in [0.3, 0.4) is 0 Å². The summed E-state index contributed by atoms with van der Waals surface area (Å²) in [4.78, 5) is 19.7. The largest absolute Gasteiger partial charge is 0.495 e. The summed E-state index contributed by atoms with van der Waals surface area (Å²) < 4.78 is 46.5. The van der Waals surface area contributed by atoms with E-state index in [4.69, 9.17) is 4.74 Å². The first-order valence-electron chi connectivity index (χ1n) is 9.74. The highest BCUT2D eigenvalue weighted by Crippen LogP contribution is 2.29. The average molecular weight is 466 g/mol. The number of H-pyrrole nitrogens is 1. The van der Waals surface area contributed by atoms with Crippen LogP contribution in [0.2, 0.25) is 0 Å². The number of carbonyl (C=O) groups is 1. The van der Waals surface area contributed by atoms with Crippen LogP contribution >= 0.6 is 0 Å². The third-order valence-electron chi connectivity index (χ3n) is 4.68. The molecule has 168 valence electrons. The van der Waals surface area contributed by atoms with Crippen LogP contribution in [-0.2, 0) is 10.0 Å². The molecule has 4 rings (SSSR count). The Balaban J connectivity index is 1.57. The number of amides is 1. The van der Waals surface area contributed by atoms with Gasteiger partial charge in [-0.2, -0.15) is 0 Å². The molecule has 33 heavy (non-hydrogen) atoms. The van der Waals surface area contributed by atoms with Crippen LogP contribution < -0.4 is 14.8 Å². The Labute approximate surface area is 189 Å². The zero-order valence-corrected chi connectivity index (χ0v) is 18.2. The number of hydrogen-bond donors (Lipinski definition) is 3. The van der Waals surface area contributed by atoms with E-state index >= 15 is 0 Å². The fourth-order valence-electron chi connectivity index (χ4n) is 3.07. The lowest BCUT2D eigenvalue weighted by atomic mass is 10.2. The molecule has 3 N–H and O–H groups in total. The summed E-state index contributed by atoms with van der Waals surface area (Å²) in [5, 5.41) is 2.65. The maximum Gasteiger partial charge on any atom is 0.273 e. The zero-order valence-electron chi connectivity index (χ0n) is 17.4. The minimum absolute atomic E-state index is 0.0792. The highest BCUT2D eigenvalue weighted by molar-refractivity contribution is 7.92. The monoisotopic (exact) mass is 466 g/mol. The van der Waals surface area contributed by atoms with Gasteiger partial charge in [0.15, 0.2) is 0 Å². The van der Waals surface area contributed by atoms with Crippen molar-refractivity contribution in [1.82, 2.24) is 9.97 Å². The first-order valence-corrected chi connectivity index (χ1v) is 11.2. The molecule has 0 spiro atoms. The summed E-state index contributed by atoms with van der Waals surface area (Å²) in [6.45, 7) is 0. The molecule has 0 radical (unpaired) electrons. The van der Waals surface area contributed by atoms with Gasteiger partial charge in [-0.1, -0.05) is 30.3 Å². The predicted molar refractivity (Wildman–Crippen MR) is 122 cm³/mol. The Kier molecular flexibility index (Phi) is 6.09. The number of nitrogens with zero attached hydrogens (tertiary/aromatic N) is 1.